The Balaban J connectivity index is 2.01. The van der Waals surface area contributed by atoms with E-state index in [0.717, 1.165) is 27.3 Å². The first-order valence-corrected chi connectivity index (χ1v) is 7.38. The number of thioether (sulfide) groups is 1. The first-order valence-electron chi connectivity index (χ1n) is 5.58. The molecule has 1 heterocycles. The molecule has 0 aliphatic carbocycles. The molecule has 0 unspecified atom stereocenters. The standard InChI is InChI=1S/C12H15N3S2/c1-3-7-16-12-15-14-11(17-12)13-10-6-4-5-9(2)8-10/h4-6,8H,3,7H2,1-2H3,(H,13,14). The summed E-state index contributed by atoms with van der Waals surface area (Å²) in [6.07, 6.45) is 1.16. The molecule has 0 aliphatic heterocycles. The molecule has 5 heteroatoms. The second-order valence-electron chi connectivity index (χ2n) is 3.72. The highest BCUT2D eigenvalue weighted by Crippen LogP contribution is 2.27. The van der Waals surface area contributed by atoms with Crippen LogP contribution in [0.3, 0.4) is 0 Å². The molecule has 2 rings (SSSR count). The van der Waals surface area contributed by atoms with Crippen LogP contribution in [0, 0.1) is 6.92 Å². The molecule has 3 nitrogen and oxygen atoms in total. The van der Waals surface area contributed by atoms with E-state index < -0.39 is 0 Å². The zero-order chi connectivity index (χ0) is 12.1. The second kappa shape index (κ2) is 6.02. The van der Waals surface area contributed by atoms with Crippen LogP contribution in [0.15, 0.2) is 28.6 Å². The van der Waals surface area contributed by atoms with E-state index in [1.165, 1.54) is 5.56 Å². The van der Waals surface area contributed by atoms with E-state index in [2.05, 4.69) is 41.5 Å². The molecule has 1 aromatic carbocycles. The highest BCUT2D eigenvalue weighted by atomic mass is 32.2. The molecule has 17 heavy (non-hydrogen) atoms. The lowest BCUT2D eigenvalue weighted by molar-refractivity contribution is 1.01. The van der Waals surface area contributed by atoms with Gasteiger partial charge in [-0.25, -0.2) is 0 Å². The Labute approximate surface area is 110 Å². The van der Waals surface area contributed by atoms with Crippen molar-refractivity contribution in [2.75, 3.05) is 11.1 Å². The molecule has 0 spiro atoms. The Morgan fingerprint density at radius 2 is 2.24 bits per heavy atom. The van der Waals surface area contributed by atoms with Gasteiger partial charge in [0.1, 0.15) is 0 Å². The molecule has 0 saturated carbocycles. The van der Waals surface area contributed by atoms with Gasteiger partial charge in [0.15, 0.2) is 4.34 Å². The number of aromatic nitrogens is 2. The van der Waals surface area contributed by atoms with E-state index in [0.29, 0.717) is 0 Å². The van der Waals surface area contributed by atoms with Crippen molar-refractivity contribution < 1.29 is 0 Å². The van der Waals surface area contributed by atoms with Crippen molar-refractivity contribution >= 4 is 33.9 Å². The number of nitrogens with zero attached hydrogens (tertiary/aromatic N) is 2. The largest absolute Gasteiger partial charge is 0.330 e. The number of anilines is 2. The number of aryl methyl sites for hydroxylation is 1. The van der Waals surface area contributed by atoms with Crippen LogP contribution in [-0.4, -0.2) is 16.0 Å². The first kappa shape index (κ1) is 12.4. The molecule has 0 amide bonds. The fourth-order valence-electron chi connectivity index (χ4n) is 1.35. The minimum Gasteiger partial charge on any atom is -0.330 e. The summed E-state index contributed by atoms with van der Waals surface area (Å²) >= 11 is 3.36. The fourth-order valence-corrected chi connectivity index (χ4v) is 3.05. The molecule has 1 N–H and O–H groups in total. The van der Waals surface area contributed by atoms with Gasteiger partial charge in [0.05, 0.1) is 0 Å². The fraction of sp³-hybridized carbons (Fsp3) is 0.333. The Kier molecular flexibility index (Phi) is 4.39. The molecule has 1 aromatic heterocycles. The molecule has 0 aliphatic rings. The lowest BCUT2D eigenvalue weighted by Gasteiger charge is -2.01. The molecule has 0 bridgehead atoms. The normalized spacial score (nSPS) is 10.5. The second-order valence-corrected chi connectivity index (χ2v) is 6.04. The summed E-state index contributed by atoms with van der Waals surface area (Å²) in [5, 5.41) is 12.4. The molecule has 0 atom stereocenters. The predicted octanol–water partition coefficient (Wildman–Crippen LogP) is 4.09. The zero-order valence-electron chi connectivity index (χ0n) is 9.93. The van der Waals surface area contributed by atoms with Gasteiger partial charge in [-0.15, -0.1) is 10.2 Å². The first-order chi connectivity index (χ1) is 8.28. The van der Waals surface area contributed by atoms with E-state index in [1.54, 1.807) is 23.1 Å². The maximum Gasteiger partial charge on any atom is 0.210 e. The van der Waals surface area contributed by atoms with Gasteiger partial charge in [-0.2, -0.15) is 0 Å². The third-order valence-electron chi connectivity index (χ3n) is 2.11. The van der Waals surface area contributed by atoms with Gasteiger partial charge in [0.25, 0.3) is 0 Å². The Morgan fingerprint density at radius 1 is 1.35 bits per heavy atom. The predicted molar refractivity (Wildman–Crippen MR) is 75.4 cm³/mol. The van der Waals surface area contributed by atoms with Crippen LogP contribution in [0.4, 0.5) is 10.8 Å². The summed E-state index contributed by atoms with van der Waals surface area (Å²) in [5.74, 6) is 1.10. The van der Waals surface area contributed by atoms with Gasteiger partial charge in [-0.3, -0.25) is 0 Å². The number of hydrogen-bond donors (Lipinski definition) is 1. The SMILES string of the molecule is CCCSc1nnc(Nc2cccc(C)c2)s1. The molecule has 2 aromatic rings. The summed E-state index contributed by atoms with van der Waals surface area (Å²) in [5.41, 5.74) is 2.30. The Bertz CT molecular complexity index is 482. The van der Waals surface area contributed by atoms with Crippen molar-refractivity contribution in [1.82, 2.24) is 10.2 Å². The number of rotatable bonds is 5. The summed E-state index contributed by atoms with van der Waals surface area (Å²) < 4.78 is 1.03. The summed E-state index contributed by atoms with van der Waals surface area (Å²) in [7, 11) is 0. The van der Waals surface area contributed by atoms with E-state index >= 15 is 0 Å². The third-order valence-corrected chi connectivity index (χ3v) is 4.28. The Morgan fingerprint density at radius 3 is 3.00 bits per heavy atom. The quantitative estimate of drug-likeness (QED) is 0.826. The van der Waals surface area contributed by atoms with Crippen molar-refractivity contribution in [3.63, 3.8) is 0 Å². The van der Waals surface area contributed by atoms with E-state index in [9.17, 15) is 0 Å². The average molecular weight is 265 g/mol. The van der Waals surface area contributed by atoms with E-state index in [1.807, 2.05) is 12.1 Å². The van der Waals surface area contributed by atoms with Crippen molar-refractivity contribution in [3.8, 4) is 0 Å². The summed E-state index contributed by atoms with van der Waals surface area (Å²) in [6.45, 7) is 4.24. The minimum atomic E-state index is 0.856. The van der Waals surface area contributed by atoms with Crippen molar-refractivity contribution in [2.24, 2.45) is 0 Å². The molecule has 0 fully saturated rings. The molecular formula is C12H15N3S2. The smallest absolute Gasteiger partial charge is 0.210 e. The monoisotopic (exact) mass is 265 g/mol. The van der Waals surface area contributed by atoms with Gasteiger partial charge >= 0.3 is 0 Å². The number of hydrogen-bond acceptors (Lipinski definition) is 5. The zero-order valence-corrected chi connectivity index (χ0v) is 11.6. The number of nitrogens with one attached hydrogen (secondary N) is 1. The van der Waals surface area contributed by atoms with Gasteiger partial charge < -0.3 is 5.32 Å². The molecule has 0 saturated heterocycles. The van der Waals surface area contributed by atoms with Crippen molar-refractivity contribution in [3.05, 3.63) is 29.8 Å². The molecule has 90 valence electrons. The minimum absolute atomic E-state index is 0.856. The van der Waals surface area contributed by atoms with Gasteiger partial charge in [0.2, 0.25) is 5.13 Å². The van der Waals surface area contributed by atoms with Crippen LogP contribution in [0.1, 0.15) is 18.9 Å². The van der Waals surface area contributed by atoms with Crippen molar-refractivity contribution in [2.45, 2.75) is 24.6 Å². The maximum atomic E-state index is 4.14. The van der Waals surface area contributed by atoms with Crippen LogP contribution in [0.25, 0.3) is 0 Å². The molecular weight excluding hydrogens is 250 g/mol. The summed E-state index contributed by atoms with van der Waals surface area (Å²) in [4.78, 5) is 0. The van der Waals surface area contributed by atoms with Crippen LogP contribution in [-0.2, 0) is 0 Å². The van der Waals surface area contributed by atoms with Crippen LogP contribution in [0.5, 0.6) is 0 Å². The maximum absolute atomic E-state index is 4.14. The average Bonchev–Trinajstić information content (AvgIpc) is 2.74. The lowest BCUT2D eigenvalue weighted by Crippen LogP contribution is -1.89. The van der Waals surface area contributed by atoms with E-state index in [-0.39, 0.29) is 0 Å². The molecule has 0 radical (unpaired) electrons. The lowest BCUT2D eigenvalue weighted by atomic mass is 10.2. The highest BCUT2D eigenvalue weighted by Gasteiger charge is 2.04. The van der Waals surface area contributed by atoms with Crippen LogP contribution in [0.2, 0.25) is 0 Å². The van der Waals surface area contributed by atoms with Gasteiger partial charge in [0, 0.05) is 11.4 Å². The number of benzene rings is 1. The topological polar surface area (TPSA) is 37.8 Å². The van der Waals surface area contributed by atoms with Gasteiger partial charge in [-0.05, 0) is 31.0 Å². The van der Waals surface area contributed by atoms with Crippen LogP contribution < -0.4 is 5.32 Å². The third kappa shape index (κ3) is 3.71. The van der Waals surface area contributed by atoms with Gasteiger partial charge in [-0.1, -0.05) is 42.2 Å². The van der Waals surface area contributed by atoms with Crippen molar-refractivity contribution in [1.29, 1.82) is 0 Å². The Hall–Kier alpha value is -1.07. The van der Waals surface area contributed by atoms with E-state index in [4.69, 9.17) is 0 Å². The highest BCUT2D eigenvalue weighted by molar-refractivity contribution is 8.01. The van der Waals surface area contributed by atoms with Crippen LogP contribution >= 0.6 is 23.1 Å². The summed E-state index contributed by atoms with van der Waals surface area (Å²) in [6, 6.07) is 8.24.